The van der Waals surface area contributed by atoms with Crippen LogP contribution in [0.3, 0.4) is 0 Å². The highest BCUT2D eigenvalue weighted by Crippen LogP contribution is 2.19. The Bertz CT molecular complexity index is 1160. The highest BCUT2D eigenvalue weighted by Gasteiger charge is 2.12. The van der Waals surface area contributed by atoms with Crippen molar-refractivity contribution >= 4 is 35.1 Å². The number of hydrogen-bond donors (Lipinski definition) is 2. The number of amides is 2. The summed E-state index contributed by atoms with van der Waals surface area (Å²) in [6.07, 6.45) is 0. The summed E-state index contributed by atoms with van der Waals surface area (Å²) in [5.74, 6) is -0.829. The quantitative estimate of drug-likeness (QED) is 0.342. The number of nitrogens with one attached hydrogen (secondary N) is 2. The van der Waals surface area contributed by atoms with Gasteiger partial charge in [-0.2, -0.15) is 0 Å². The zero-order valence-electron chi connectivity index (χ0n) is 21.0. The van der Waals surface area contributed by atoms with Gasteiger partial charge in [0.1, 0.15) is 11.5 Å². The van der Waals surface area contributed by atoms with Crippen LogP contribution in [0.5, 0.6) is 11.5 Å². The Hall–Kier alpha value is -4.86. The van der Waals surface area contributed by atoms with Gasteiger partial charge in [-0.15, -0.1) is 0 Å². The Morgan fingerprint density at radius 3 is 1.37 bits per heavy atom. The molecule has 0 aliphatic heterocycles. The van der Waals surface area contributed by atoms with Crippen LogP contribution >= 0.6 is 0 Å². The molecule has 0 saturated carbocycles. The van der Waals surface area contributed by atoms with Crippen molar-refractivity contribution in [2.45, 2.75) is 13.8 Å². The number of anilines is 2. The van der Waals surface area contributed by atoms with Crippen LogP contribution in [0.4, 0.5) is 11.4 Å². The first-order chi connectivity index (χ1) is 18.4. The monoisotopic (exact) mass is 520 g/mol. The molecular weight excluding hydrogens is 492 g/mol. The largest absolute Gasteiger partial charge is 0.482 e. The number of benzene rings is 3. The van der Waals surface area contributed by atoms with Crippen molar-refractivity contribution in [2.24, 2.45) is 0 Å². The summed E-state index contributed by atoms with van der Waals surface area (Å²) in [4.78, 5) is 48.2. The van der Waals surface area contributed by atoms with Crippen molar-refractivity contribution in [3.8, 4) is 11.5 Å². The van der Waals surface area contributed by atoms with E-state index in [9.17, 15) is 19.2 Å². The fourth-order valence-electron chi connectivity index (χ4n) is 3.17. The molecule has 0 radical (unpaired) electrons. The van der Waals surface area contributed by atoms with E-state index in [1.54, 1.807) is 80.6 Å². The Balaban J connectivity index is 1.54. The molecule has 38 heavy (non-hydrogen) atoms. The lowest BCUT2D eigenvalue weighted by atomic mass is 10.1. The maximum Gasteiger partial charge on any atom is 0.344 e. The van der Waals surface area contributed by atoms with Crippen LogP contribution in [-0.2, 0) is 19.1 Å². The van der Waals surface area contributed by atoms with Crippen LogP contribution in [0.1, 0.15) is 34.6 Å². The molecule has 10 heteroatoms. The molecule has 0 spiro atoms. The summed E-state index contributed by atoms with van der Waals surface area (Å²) < 4.78 is 20.3. The van der Waals surface area contributed by atoms with Gasteiger partial charge in [-0.25, -0.2) is 9.59 Å². The molecule has 0 atom stereocenters. The van der Waals surface area contributed by atoms with E-state index in [-0.39, 0.29) is 26.4 Å². The maximum atomic E-state index is 12.7. The minimum atomic E-state index is -0.467. The minimum Gasteiger partial charge on any atom is -0.482 e. The fourth-order valence-corrected chi connectivity index (χ4v) is 3.17. The second-order valence-electron chi connectivity index (χ2n) is 7.73. The van der Waals surface area contributed by atoms with Crippen LogP contribution < -0.4 is 20.1 Å². The van der Waals surface area contributed by atoms with Crippen LogP contribution in [0.25, 0.3) is 0 Å². The molecule has 2 amide bonds. The molecule has 198 valence electrons. The van der Waals surface area contributed by atoms with E-state index in [0.717, 1.165) is 0 Å². The van der Waals surface area contributed by atoms with E-state index in [0.29, 0.717) is 34.0 Å². The van der Waals surface area contributed by atoms with Gasteiger partial charge in [0, 0.05) is 22.5 Å². The first-order valence-electron chi connectivity index (χ1n) is 11.9. The smallest absolute Gasteiger partial charge is 0.344 e. The van der Waals surface area contributed by atoms with Crippen molar-refractivity contribution in [1.29, 1.82) is 0 Å². The minimum absolute atomic E-state index is 0.207. The van der Waals surface area contributed by atoms with Gasteiger partial charge >= 0.3 is 11.9 Å². The van der Waals surface area contributed by atoms with Gasteiger partial charge in [0.15, 0.2) is 13.2 Å². The van der Waals surface area contributed by atoms with Gasteiger partial charge in [-0.05, 0) is 80.6 Å². The predicted octanol–water partition coefficient (Wildman–Crippen LogP) is 4.08. The lowest BCUT2D eigenvalue weighted by Gasteiger charge is -2.10. The molecule has 0 unspecified atom stereocenters. The number of hydrogen-bond acceptors (Lipinski definition) is 8. The van der Waals surface area contributed by atoms with Crippen molar-refractivity contribution in [3.63, 3.8) is 0 Å². The zero-order chi connectivity index (χ0) is 27.3. The molecule has 0 heterocycles. The molecule has 0 aliphatic rings. The SMILES string of the molecule is CCOC(=O)COc1ccc(NC(=O)c2cccc(C(=O)Nc3ccc(OCC(=O)OCC)cc3)c2)cc1. The standard InChI is InChI=1S/C28H28N2O8/c1-3-35-25(31)17-37-23-12-8-21(9-13-23)29-27(33)19-6-5-7-20(16-19)28(34)30-22-10-14-24(15-11-22)38-18-26(32)36-4-2/h5-16H,3-4,17-18H2,1-2H3,(H,29,33)(H,30,34). The van der Waals surface area contributed by atoms with E-state index >= 15 is 0 Å². The van der Waals surface area contributed by atoms with Crippen molar-refractivity contribution < 1.29 is 38.1 Å². The van der Waals surface area contributed by atoms with Crippen LogP contribution in [0.15, 0.2) is 72.8 Å². The molecule has 0 saturated heterocycles. The van der Waals surface area contributed by atoms with Gasteiger partial charge in [0.05, 0.1) is 13.2 Å². The molecule has 2 N–H and O–H groups in total. The average molecular weight is 521 g/mol. The summed E-state index contributed by atoms with van der Waals surface area (Å²) in [5.41, 5.74) is 1.61. The molecular formula is C28H28N2O8. The third-order valence-corrected chi connectivity index (χ3v) is 4.94. The van der Waals surface area contributed by atoms with Crippen molar-refractivity contribution in [1.82, 2.24) is 0 Å². The zero-order valence-corrected chi connectivity index (χ0v) is 21.0. The Morgan fingerprint density at radius 1 is 0.605 bits per heavy atom. The molecule has 3 aromatic carbocycles. The number of carbonyl (C=O) groups excluding carboxylic acids is 4. The van der Waals surface area contributed by atoms with Gasteiger partial charge in [0.2, 0.25) is 0 Å². The molecule has 10 nitrogen and oxygen atoms in total. The van der Waals surface area contributed by atoms with Gasteiger partial charge in [-0.1, -0.05) is 6.07 Å². The summed E-state index contributed by atoms with van der Waals surface area (Å²) in [7, 11) is 0. The number of rotatable bonds is 12. The Labute approximate surface area is 219 Å². The van der Waals surface area contributed by atoms with E-state index < -0.39 is 23.8 Å². The van der Waals surface area contributed by atoms with Crippen LogP contribution in [0, 0.1) is 0 Å². The number of carbonyl (C=O) groups is 4. The topological polar surface area (TPSA) is 129 Å². The third-order valence-electron chi connectivity index (χ3n) is 4.94. The summed E-state index contributed by atoms with van der Waals surface area (Å²) in [5, 5.41) is 5.51. The number of ether oxygens (including phenoxy) is 4. The Kier molecular flexibility index (Phi) is 10.2. The van der Waals surface area contributed by atoms with Gasteiger partial charge in [-0.3, -0.25) is 9.59 Å². The molecule has 0 aromatic heterocycles. The molecule has 0 aliphatic carbocycles. The van der Waals surface area contributed by atoms with E-state index in [2.05, 4.69) is 10.6 Å². The molecule has 0 bridgehead atoms. The first-order valence-corrected chi connectivity index (χ1v) is 11.9. The van der Waals surface area contributed by atoms with Crippen LogP contribution in [0.2, 0.25) is 0 Å². The highest BCUT2D eigenvalue weighted by atomic mass is 16.6. The highest BCUT2D eigenvalue weighted by molar-refractivity contribution is 6.08. The van der Waals surface area contributed by atoms with Gasteiger partial charge in [0.25, 0.3) is 11.8 Å². The number of esters is 2. The average Bonchev–Trinajstić information content (AvgIpc) is 2.92. The molecule has 0 fully saturated rings. The maximum absolute atomic E-state index is 12.7. The van der Waals surface area contributed by atoms with E-state index in [4.69, 9.17) is 18.9 Å². The lowest BCUT2D eigenvalue weighted by molar-refractivity contribution is -0.146. The summed E-state index contributed by atoms with van der Waals surface area (Å²) >= 11 is 0. The lowest BCUT2D eigenvalue weighted by Crippen LogP contribution is -2.16. The van der Waals surface area contributed by atoms with E-state index in [1.165, 1.54) is 6.07 Å². The van der Waals surface area contributed by atoms with Crippen LogP contribution in [-0.4, -0.2) is 50.2 Å². The van der Waals surface area contributed by atoms with Crippen molar-refractivity contribution in [3.05, 3.63) is 83.9 Å². The molecule has 3 rings (SSSR count). The van der Waals surface area contributed by atoms with Crippen molar-refractivity contribution in [2.75, 3.05) is 37.1 Å². The second kappa shape index (κ2) is 14.0. The summed E-state index contributed by atoms with van der Waals surface area (Å²) in [6, 6.07) is 19.3. The Morgan fingerprint density at radius 2 is 1.00 bits per heavy atom. The third kappa shape index (κ3) is 8.66. The van der Waals surface area contributed by atoms with Gasteiger partial charge < -0.3 is 29.6 Å². The normalized spacial score (nSPS) is 10.2. The summed E-state index contributed by atoms with van der Waals surface area (Å²) in [6.45, 7) is 3.56. The molecule has 3 aromatic rings. The van der Waals surface area contributed by atoms with E-state index in [1.807, 2.05) is 0 Å². The first kappa shape index (κ1) is 27.7. The predicted molar refractivity (Wildman–Crippen MR) is 139 cm³/mol. The fraction of sp³-hybridized carbons (Fsp3) is 0.214. The second-order valence-corrected chi connectivity index (χ2v) is 7.73.